The van der Waals surface area contributed by atoms with Gasteiger partial charge in [-0.1, -0.05) is 25.0 Å². The van der Waals surface area contributed by atoms with Gasteiger partial charge in [-0.2, -0.15) is 0 Å². The molecule has 1 aliphatic rings. The highest BCUT2D eigenvalue weighted by Crippen LogP contribution is 2.41. The minimum Gasteiger partial charge on any atom is -0.497 e. The van der Waals surface area contributed by atoms with E-state index in [2.05, 4.69) is 17.4 Å². The third-order valence-corrected chi connectivity index (χ3v) is 5.07. The van der Waals surface area contributed by atoms with Gasteiger partial charge >= 0.3 is 0 Å². The Hall–Kier alpha value is -2.56. The van der Waals surface area contributed by atoms with Crippen LogP contribution in [0.5, 0.6) is 11.5 Å². The van der Waals surface area contributed by atoms with Gasteiger partial charge in [0, 0.05) is 12.0 Å². The number of halogens is 1. The number of carbonyl (C=O) groups is 1. The molecular formula is C21H24FNO3. The smallest absolute Gasteiger partial charge is 0.257 e. The van der Waals surface area contributed by atoms with Crippen molar-refractivity contribution in [3.05, 3.63) is 59.9 Å². The highest BCUT2D eigenvalue weighted by molar-refractivity contribution is 5.77. The van der Waals surface area contributed by atoms with Crippen molar-refractivity contribution in [2.75, 3.05) is 20.3 Å². The highest BCUT2D eigenvalue weighted by atomic mass is 19.1. The molecule has 5 heteroatoms. The van der Waals surface area contributed by atoms with Gasteiger partial charge in [0.2, 0.25) is 0 Å². The lowest BCUT2D eigenvalue weighted by Gasteiger charge is -2.30. The Labute approximate surface area is 153 Å². The van der Waals surface area contributed by atoms with E-state index in [1.54, 1.807) is 7.11 Å². The molecule has 0 heterocycles. The van der Waals surface area contributed by atoms with Gasteiger partial charge in [-0.3, -0.25) is 4.79 Å². The summed E-state index contributed by atoms with van der Waals surface area (Å²) in [6, 6.07) is 13.8. The normalized spacial score (nSPS) is 15.5. The predicted octanol–water partition coefficient (Wildman–Crippen LogP) is 3.84. The molecule has 0 spiro atoms. The summed E-state index contributed by atoms with van der Waals surface area (Å²) in [7, 11) is 1.65. The van der Waals surface area contributed by atoms with Gasteiger partial charge < -0.3 is 14.8 Å². The predicted molar refractivity (Wildman–Crippen MR) is 98.0 cm³/mol. The van der Waals surface area contributed by atoms with Crippen molar-refractivity contribution in [3.8, 4) is 11.5 Å². The van der Waals surface area contributed by atoms with E-state index in [9.17, 15) is 9.18 Å². The highest BCUT2D eigenvalue weighted by Gasteiger charge is 2.35. The van der Waals surface area contributed by atoms with Gasteiger partial charge in [0.15, 0.2) is 6.61 Å². The first-order chi connectivity index (χ1) is 12.6. The number of nitrogens with one attached hydrogen (secondary N) is 1. The summed E-state index contributed by atoms with van der Waals surface area (Å²) in [5, 5.41) is 3.00. The molecule has 26 heavy (non-hydrogen) atoms. The quantitative estimate of drug-likeness (QED) is 0.819. The minimum atomic E-state index is -0.329. The van der Waals surface area contributed by atoms with E-state index in [4.69, 9.17) is 9.47 Å². The summed E-state index contributed by atoms with van der Waals surface area (Å²) in [4.78, 5) is 12.2. The van der Waals surface area contributed by atoms with Gasteiger partial charge in [0.25, 0.3) is 5.91 Å². The van der Waals surface area contributed by atoms with E-state index >= 15 is 0 Å². The molecule has 3 rings (SSSR count). The Bertz CT molecular complexity index is 722. The first-order valence-electron chi connectivity index (χ1n) is 8.91. The van der Waals surface area contributed by atoms with Crippen molar-refractivity contribution in [2.24, 2.45) is 0 Å². The molecule has 1 aliphatic carbocycles. The maximum Gasteiger partial charge on any atom is 0.257 e. The van der Waals surface area contributed by atoms with Crippen LogP contribution in [-0.4, -0.2) is 26.2 Å². The molecule has 1 fully saturated rings. The number of hydrogen-bond acceptors (Lipinski definition) is 3. The van der Waals surface area contributed by atoms with Crippen LogP contribution >= 0.6 is 0 Å². The molecule has 1 amide bonds. The maximum atomic E-state index is 12.9. The standard InChI is InChI=1S/C21H24FNO3/c1-25-18-8-4-16(5-9-18)21(12-2-3-13-21)15-23-20(24)14-26-19-10-6-17(22)7-11-19/h4-11H,2-3,12-15H2,1H3,(H,23,24). The molecule has 0 atom stereocenters. The number of ether oxygens (including phenoxy) is 2. The zero-order valence-corrected chi connectivity index (χ0v) is 15.0. The van der Waals surface area contributed by atoms with Crippen LogP contribution in [-0.2, 0) is 10.2 Å². The van der Waals surface area contributed by atoms with Crippen molar-refractivity contribution < 1.29 is 18.7 Å². The van der Waals surface area contributed by atoms with Gasteiger partial charge in [-0.25, -0.2) is 4.39 Å². The second-order valence-electron chi connectivity index (χ2n) is 6.74. The lowest BCUT2D eigenvalue weighted by Crippen LogP contribution is -2.40. The average molecular weight is 357 g/mol. The number of rotatable bonds is 7. The molecule has 2 aromatic rings. The van der Waals surface area contributed by atoms with Crippen LogP contribution in [0.15, 0.2) is 48.5 Å². The largest absolute Gasteiger partial charge is 0.497 e. The number of hydrogen-bond donors (Lipinski definition) is 1. The van der Waals surface area contributed by atoms with Crippen LogP contribution < -0.4 is 14.8 Å². The third kappa shape index (κ3) is 4.34. The molecule has 1 N–H and O–H groups in total. The second kappa shape index (κ2) is 8.21. The van der Waals surface area contributed by atoms with Crippen LogP contribution in [0.25, 0.3) is 0 Å². The van der Waals surface area contributed by atoms with E-state index < -0.39 is 0 Å². The average Bonchev–Trinajstić information content (AvgIpc) is 3.16. The van der Waals surface area contributed by atoms with E-state index in [1.807, 2.05) is 12.1 Å². The Morgan fingerprint density at radius 1 is 1.04 bits per heavy atom. The van der Waals surface area contributed by atoms with Crippen LogP contribution in [0.3, 0.4) is 0 Å². The first-order valence-corrected chi connectivity index (χ1v) is 8.91. The van der Waals surface area contributed by atoms with Crippen molar-refractivity contribution in [1.82, 2.24) is 5.32 Å². The molecule has 1 saturated carbocycles. The van der Waals surface area contributed by atoms with Crippen LogP contribution in [0.2, 0.25) is 0 Å². The summed E-state index contributed by atoms with van der Waals surface area (Å²) in [6.07, 6.45) is 4.43. The van der Waals surface area contributed by atoms with E-state index in [-0.39, 0.29) is 23.7 Å². The maximum absolute atomic E-state index is 12.9. The molecule has 0 radical (unpaired) electrons. The molecule has 0 bridgehead atoms. The van der Waals surface area contributed by atoms with E-state index in [0.29, 0.717) is 12.3 Å². The summed E-state index contributed by atoms with van der Waals surface area (Å²) < 4.78 is 23.5. The fourth-order valence-electron chi connectivity index (χ4n) is 3.56. The van der Waals surface area contributed by atoms with E-state index in [1.165, 1.54) is 29.8 Å². The SMILES string of the molecule is COc1ccc(C2(CNC(=O)COc3ccc(F)cc3)CCCC2)cc1. The number of methoxy groups -OCH3 is 1. The van der Waals surface area contributed by atoms with E-state index in [0.717, 1.165) is 31.4 Å². The van der Waals surface area contributed by atoms with Gasteiger partial charge in [-0.15, -0.1) is 0 Å². The Balaban J connectivity index is 1.57. The summed E-state index contributed by atoms with van der Waals surface area (Å²) >= 11 is 0. The first kappa shape index (κ1) is 18.2. The zero-order valence-electron chi connectivity index (χ0n) is 15.0. The van der Waals surface area contributed by atoms with Crippen molar-refractivity contribution in [2.45, 2.75) is 31.1 Å². The summed E-state index contributed by atoms with van der Waals surface area (Å²) in [5.41, 5.74) is 1.20. The molecule has 0 aromatic heterocycles. The van der Waals surface area contributed by atoms with Gasteiger partial charge in [0.1, 0.15) is 17.3 Å². The summed E-state index contributed by atoms with van der Waals surface area (Å²) in [6.45, 7) is 0.509. The minimum absolute atomic E-state index is 0.0300. The molecule has 4 nitrogen and oxygen atoms in total. The van der Waals surface area contributed by atoms with Crippen molar-refractivity contribution in [3.63, 3.8) is 0 Å². The third-order valence-electron chi connectivity index (χ3n) is 5.07. The Morgan fingerprint density at radius 2 is 1.65 bits per heavy atom. The van der Waals surface area contributed by atoms with Crippen molar-refractivity contribution >= 4 is 5.91 Å². The molecule has 0 aliphatic heterocycles. The number of carbonyl (C=O) groups excluding carboxylic acids is 1. The lowest BCUT2D eigenvalue weighted by atomic mass is 9.79. The lowest BCUT2D eigenvalue weighted by molar-refractivity contribution is -0.123. The molecule has 0 unspecified atom stereocenters. The molecule has 2 aromatic carbocycles. The summed E-state index contributed by atoms with van der Waals surface area (Å²) in [5.74, 6) is 0.810. The molecule has 138 valence electrons. The van der Waals surface area contributed by atoms with Crippen LogP contribution in [0.4, 0.5) is 4.39 Å². The van der Waals surface area contributed by atoms with Gasteiger partial charge in [0.05, 0.1) is 7.11 Å². The van der Waals surface area contributed by atoms with Crippen LogP contribution in [0.1, 0.15) is 31.2 Å². The second-order valence-corrected chi connectivity index (χ2v) is 6.74. The Morgan fingerprint density at radius 3 is 2.27 bits per heavy atom. The van der Waals surface area contributed by atoms with Crippen LogP contribution in [0, 0.1) is 5.82 Å². The van der Waals surface area contributed by atoms with Gasteiger partial charge in [-0.05, 0) is 54.8 Å². The fraction of sp³-hybridized carbons (Fsp3) is 0.381. The zero-order chi connectivity index (χ0) is 18.4. The fourth-order valence-corrected chi connectivity index (χ4v) is 3.56. The Kier molecular flexibility index (Phi) is 5.76. The topological polar surface area (TPSA) is 47.6 Å². The van der Waals surface area contributed by atoms with Crippen molar-refractivity contribution in [1.29, 1.82) is 0 Å². The number of benzene rings is 2. The monoisotopic (exact) mass is 357 g/mol. The number of amides is 1. The molecule has 0 saturated heterocycles. The molecular weight excluding hydrogens is 333 g/mol.